The molecule has 0 aliphatic carbocycles. The number of hydrogen-bond donors (Lipinski definition) is 2. The monoisotopic (exact) mass is 634 g/mol. The van der Waals surface area contributed by atoms with Gasteiger partial charge in [-0.15, -0.1) is 0 Å². The van der Waals surface area contributed by atoms with Crippen molar-refractivity contribution in [3.05, 3.63) is 54.4 Å². The number of nitrogens with one attached hydrogen (secondary N) is 1. The molecule has 2 N–H and O–H groups in total. The zero-order valence-corrected chi connectivity index (χ0v) is 25.6. The molecule has 14 heteroatoms. The van der Waals surface area contributed by atoms with E-state index in [1.165, 1.54) is 25.4 Å². The Morgan fingerprint density at radius 2 is 1.96 bits per heavy atom. The molecular weight excluding hydrogens is 598 g/mol. The Morgan fingerprint density at radius 3 is 2.61 bits per heavy atom. The summed E-state index contributed by atoms with van der Waals surface area (Å²) in [6, 6.07) is 15.5. The fourth-order valence-electron chi connectivity index (χ4n) is 6.03. The number of carbonyl (C=O) groups excluding carboxylic acids is 1. The molecule has 0 saturated carbocycles. The zero-order valence-electron chi connectivity index (χ0n) is 25.6. The van der Waals surface area contributed by atoms with Crippen molar-refractivity contribution in [1.82, 2.24) is 24.8 Å². The largest absolute Gasteiger partial charge is 0.483 e. The van der Waals surface area contributed by atoms with Gasteiger partial charge in [-0.2, -0.15) is 10.2 Å². The highest BCUT2D eigenvalue weighted by atomic mass is 19.3. The van der Waals surface area contributed by atoms with E-state index in [9.17, 15) is 23.9 Å². The second kappa shape index (κ2) is 13.1. The van der Waals surface area contributed by atoms with E-state index in [0.29, 0.717) is 23.6 Å². The Bertz CT molecular complexity index is 1600. The molecule has 46 heavy (non-hydrogen) atoms. The molecule has 3 aromatic rings. The molecule has 0 bridgehead atoms. The summed E-state index contributed by atoms with van der Waals surface area (Å²) in [5.41, 5.74) is 2.46. The van der Waals surface area contributed by atoms with Crippen LogP contribution in [0.1, 0.15) is 25.8 Å². The lowest BCUT2D eigenvalue weighted by Crippen LogP contribution is -2.59. The molecule has 1 aromatic heterocycles. The number of nitriles is 1. The summed E-state index contributed by atoms with van der Waals surface area (Å²) in [5.74, 6) is -3.55. The van der Waals surface area contributed by atoms with E-state index >= 15 is 0 Å². The molecule has 6 rings (SSSR count). The smallest absolute Gasteiger partial charge is 0.301 e. The molecule has 12 nitrogen and oxygen atoms in total. The van der Waals surface area contributed by atoms with Crippen LogP contribution in [-0.2, 0) is 9.53 Å². The fourth-order valence-corrected chi connectivity index (χ4v) is 6.03. The van der Waals surface area contributed by atoms with Gasteiger partial charge in [0.2, 0.25) is 5.95 Å². The van der Waals surface area contributed by atoms with E-state index in [0.717, 1.165) is 49.1 Å². The predicted octanol–water partition coefficient (Wildman–Crippen LogP) is 3.06. The Morgan fingerprint density at radius 1 is 1.17 bits per heavy atom. The van der Waals surface area contributed by atoms with Gasteiger partial charge in [0, 0.05) is 55.6 Å². The number of aliphatic hydroxyl groups excluding tert-OH is 1. The maximum Gasteiger partial charge on any atom is 0.301 e. The van der Waals surface area contributed by atoms with Crippen LogP contribution in [0.3, 0.4) is 0 Å². The fraction of sp³-hybridized carbons (Fsp3) is 0.469. The van der Waals surface area contributed by atoms with Gasteiger partial charge in [-0.1, -0.05) is 0 Å². The van der Waals surface area contributed by atoms with E-state index in [-0.39, 0.29) is 30.1 Å². The van der Waals surface area contributed by atoms with Crippen LogP contribution in [0.5, 0.6) is 5.75 Å². The maximum atomic E-state index is 14.9. The lowest BCUT2D eigenvalue weighted by Gasteiger charge is -2.46. The van der Waals surface area contributed by atoms with Gasteiger partial charge in [-0.3, -0.25) is 9.69 Å². The third-order valence-electron chi connectivity index (χ3n) is 8.65. The first-order valence-electron chi connectivity index (χ1n) is 15.3. The van der Waals surface area contributed by atoms with Crippen LogP contribution in [0.2, 0.25) is 0 Å². The Labute approximate surface area is 265 Å². The number of rotatable bonds is 8. The quantitative estimate of drug-likeness (QED) is 0.378. The van der Waals surface area contributed by atoms with Crippen LogP contribution in [0.25, 0.3) is 11.4 Å². The van der Waals surface area contributed by atoms with Gasteiger partial charge in [0.25, 0.3) is 5.91 Å². The Kier molecular flexibility index (Phi) is 8.99. The van der Waals surface area contributed by atoms with Crippen LogP contribution in [0, 0.1) is 11.3 Å². The number of ether oxygens (including phenoxy) is 2. The van der Waals surface area contributed by atoms with Gasteiger partial charge in [0.05, 0.1) is 31.4 Å². The molecule has 3 atom stereocenters. The Balaban J connectivity index is 1.10. The summed E-state index contributed by atoms with van der Waals surface area (Å²) < 4.78 is 40.8. The summed E-state index contributed by atoms with van der Waals surface area (Å²) in [5, 5.41) is 22.5. The number of anilines is 3. The van der Waals surface area contributed by atoms with Crippen LogP contribution in [0.15, 0.2) is 48.8 Å². The zero-order chi connectivity index (χ0) is 32.4. The van der Waals surface area contributed by atoms with Crippen LogP contribution in [0.4, 0.5) is 26.1 Å². The van der Waals surface area contributed by atoms with Gasteiger partial charge >= 0.3 is 5.92 Å². The molecule has 242 valence electrons. The van der Waals surface area contributed by atoms with Crippen LogP contribution >= 0.6 is 0 Å². The highest BCUT2D eigenvalue weighted by Crippen LogP contribution is 2.34. The SMILES string of the molecule is CC(O)C(=O)N1CC[C@H](Oc2ccc(-c3ncnc(Nc4ccc(N5CCN(C6COC6)C[C@@H]5C)cc4)n3)cc2C#N)C(F)(F)C1. The van der Waals surface area contributed by atoms with Gasteiger partial charge in [-0.25, -0.2) is 18.7 Å². The second-order valence-corrected chi connectivity index (χ2v) is 11.9. The van der Waals surface area contributed by atoms with Gasteiger partial charge in [0.1, 0.15) is 24.3 Å². The lowest BCUT2D eigenvalue weighted by atomic mass is 10.0. The van der Waals surface area contributed by atoms with Crippen molar-refractivity contribution in [2.45, 2.75) is 50.5 Å². The molecule has 1 amide bonds. The molecule has 4 heterocycles. The Hall–Kier alpha value is -4.45. The van der Waals surface area contributed by atoms with Crippen LogP contribution < -0.4 is 15.0 Å². The lowest BCUT2D eigenvalue weighted by molar-refractivity contribution is -0.165. The van der Waals surface area contributed by atoms with Gasteiger partial charge in [0.15, 0.2) is 11.9 Å². The van der Waals surface area contributed by atoms with E-state index in [2.05, 4.69) is 49.1 Å². The number of aromatic nitrogens is 3. The topological polar surface area (TPSA) is 140 Å². The van der Waals surface area contributed by atoms with Gasteiger partial charge in [-0.05, 0) is 56.3 Å². The molecule has 3 aliphatic heterocycles. The summed E-state index contributed by atoms with van der Waals surface area (Å²) in [4.78, 5) is 30.8. The number of alkyl halides is 2. The summed E-state index contributed by atoms with van der Waals surface area (Å²) in [6.45, 7) is 7.20. The molecule has 2 aromatic carbocycles. The van der Waals surface area contributed by atoms with Crippen molar-refractivity contribution >= 4 is 23.2 Å². The highest BCUT2D eigenvalue weighted by Gasteiger charge is 2.48. The molecule has 3 saturated heterocycles. The number of carbonyl (C=O) groups is 1. The summed E-state index contributed by atoms with van der Waals surface area (Å²) in [7, 11) is 0. The third-order valence-corrected chi connectivity index (χ3v) is 8.65. The minimum atomic E-state index is -3.38. The standard InChI is InChI=1S/C32H36F2N8O4/c1-20-15-40(26-16-45-17-26)11-12-42(20)25-6-4-24(5-7-25)38-31-37-19-36-29(39-31)22-3-8-27(23(13-22)14-35)46-28-9-10-41(18-32(28,33)34)30(44)21(2)43/h3-8,13,19-21,26,28,43H,9-12,15-18H2,1-2H3,(H,36,37,38,39)/t20-,21?,28-/m0/s1. The molecule has 1 unspecified atom stereocenters. The molecule has 0 radical (unpaired) electrons. The number of likely N-dealkylation sites (tertiary alicyclic amines) is 1. The van der Waals surface area contributed by atoms with Crippen molar-refractivity contribution in [3.63, 3.8) is 0 Å². The summed E-state index contributed by atoms with van der Waals surface area (Å²) in [6.07, 6.45) is -1.72. The first kappa shape index (κ1) is 31.5. The number of halogens is 2. The van der Waals surface area contributed by atoms with Crippen molar-refractivity contribution in [2.75, 3.05) is 56.2 Å². The minimum absolute atomic E-state index is 0.00000787. The third kappa shape index (κ3) is 6.72. The molecule has 3 fully saturated rings. The number of amides is 1. The number of nitrogens with zero attached hydrogens (tertiary/aromatic N) is 7. The molecule has 3 aliphatic rings. The van der Waals surface area contributed by atoms with Crippen LogP contribution in [-0.4, -0.2) is 112 Å². The normalized spacial score (nSPS) is 22.4. The van der Waals surface area contributed by atoms with E-state index in [1.54, 1.807) is 6.07 Å². The van der Waals surface area contributed by atoms with E-state index in [4.69, 9.17) is 9.47 Å². The number of aliphatic hydroxyl groups is 1. The number of piperazine rings is 1. The maximum absolute atomic E-state index is 14.9. The first-order valence-corrected chi connectivity index (χ1v) is 15.3. The predicted molar refractivity (Wildman–Crippen MR) is 165 cm³/mol. The first-order chi connectivity index (χ1) is 22.1. The average molecular weight is 635 g/mol. The highest BCUT2D eigenvalue weighted by molar-refractivity contribution is 5.80. The second-order valence-electron chi connectivity index (χ2n) is 11.9. The van der Waals surface area contributed by atoms with E-state index < -0.39 is 30.6 Å². The van der Waals surface area contributed by atoms with Crippen molar-refractivity contribution in [3.8, 4) is 23.2 Å². The molecule has 0 spiro atoms. The average Bonchev–Trinajstić information content (AvgIpc) is 3.01. The van der Waals surface area contributed by atoms with Crippen molar-refractivity contribution in [2.24, 2.45) is 0 Å². The molecular formula is C32H36F2N8O4. The number of piperidine rings is 1. The summed E-state index contributed by atoms with van der Waals surface area (Å²) >= 11 is 0. The number of hydrogen-bond acceptors (Lipinski definition) is 11. The van der Waals surface area contributed by atoms with Crippen molar-refractivity contribution < 1.29 is 28.2 Å². The van der Waals surface area contributed by atoms with Gasteiger partial charge < -0.3 is 29.7 Å². The van der Waals surface area contributed by atoms with Crippen molar-refractivity contribution in [1.29, 1.82) is 5.26 Å². The van der Waals surface area contributed by atoms with E-state index in [1.807, 2.05) is 18.2 Å². The number of benzene rings is 2. The minimum Gasteiger partial charge on any atom is -0.483 e.